The SMILES string of the molecule is CCOC(=O)C=C(C)c1cc2c(C)cc(=O)[nH]c2c(OC)c1N. The molecule has 0 aliphatic rings. The zero-order valence-corrected chi connectivity index (χ0v) is 13.6. The first-order valence-electron chi connectivity index (χ1n) is 7.24. The smallest absolute Gasteiger partial charge is 0.331 e. The lowest BCUT2D eigenvalue weighted by Gasteiger charge is -2.15. The Morgan fingerprint density at radius 2 is 2.09 bits per heavy atom. The van der Waals surface area contributed by atoms with Crippen molar-refractivity contribution < 1.29 is 14.3 Å². The second-order valence-corrected chi connectivity index (χ2v) is 5.19. The number of H-pyrrole nitrogens is 1. The highest BCUT2D eigenvalue weighted by atomic mass is 16.5. The normalized spacial score (nSPS) is 11.6. The zero-order chi connectivity index (χ0) is 17.1. The lowest BCUT2D eigenvalue weighted by Crippen LogP contribution is -2.08. The van der Waals surface area contributed by atoms with Crippen molar-refractivity contribution in [1.29, 1.82) is 0 Å². The predicted octanol–water partition coefficient (Wildman–Crippen LogP) is 2.39. The third kappa shape index (κ3) is 3.21. The third-order valence-corrected chi connectivity index (χ3v) is 3.59. The number of benzene rings is 1. The summed E-state index contributed by atoms with van der Waals surface area (Å²) in [5.74, 6) is -0.0448. The number of methoxy groups -OCH3 is 1. The average molecular weight is 316 g/mol. The maximum Gasteiger partial charge on any atom is 0.331 e. The average Bonchev–Trinajstić information content (AvgIpc) is 2.46. The van der Waals surface area contributed by atoms with Gasteiger partial charge in [0, 0.05) is 23.1 Å². The van der Waals surface area contributed by atoms with Crippen molar-refractivity contribution >= 4 is 28.1 Å². The van der Waals surface area contributed by atoms with Crippen LogP contribution in [0.5, 0.6) is 5.75 Å². The number of anilines is 1. The summed E-state index contributed by atoms with van der Waals surface area (Å²) in [6.07, 6.45) is 1.39. The van der Waals surface area contributed by atoms with E-state index in [-0.39, 0.29) is 5.56 Å². The van der Waals surface area contributed by atoms with Crippen molar-refractivity contribution in [2.75, 3.05) is 19.5 Å². The number of carbonyl (C=O) groups excluding carboxylic acids is 1. The topological polar surface area (TPSA) is 94.4 Å². The first kappa shape index (κ1) is 16.6. The maximum atomic E-state index is 11.7. The van der Waals surface area contributed by atoms with Crippen LogP contribution < -0.4 is 16.0 Å². The van der Waals surface area contributed by atoms with E-state index in [9.17, 15) is 9.59 Å². The van der Waals surface area contributed by atoms with Crippen molar-refractivity contribution in [3.8, 4) is 5.75 Å². The van der Waals surface area contributed by atoms with Crippen LogP contribution in [0.1, 0.15) is 25.0 Å². The van der Waals surface area contributed by atoms with E-state index in [1.165, 1.54) is 19.3 Å². The number of nitrogens with one attached hydrogen (secondary N) is 1. The molecule has 0 bridgehead atoms. The van der Waals surface area contributed by atoms with Gasteiger partial charge in [0.1, 0.15) is 0 Å². The Balaban J connectivity index is 2.73. The summed E-state index contributed by atoms with van der Waals surface area (Å²) in [6.45, 7) is 5.66. The fourth-order valence-corrected chi connectivity index (χ4v) is 2.52. The predicted molar refractivity (Wildman–Crippen MR) is 90.6 cm³/mol. The van der Waals surface area contributed by atoms with Crippen molar-refractivity contribution in [1.82, 2.24) is 4.98 Å². The first-order chi connectivity index (χ1) is 10.9. The number of aromatic amines is 1. The van der Waals surface area contributed by atoms with E-state index in [4.69, 9.17) is 15.2 Å². The second-order valence-electron chi connectivity index (χ2n) is 5.19. The number of hydrogen-bond acceptors (Lipinski definition) is 5. The maximum absolute atomic E-state index is 11.7. The highest BCUT2D eigenvalue weighted by molar-refractivity contribution is 6.00. The minimum absolute atomic E-state index is 0.223. The van der Waals surface area contributed by atoms with Crippen LogP contribution in [0.3, 0.4) is 0 Å². The standard InChI is InChI=1S/C17H20N2O4/c1-5-23-14(21)7-10(3)11-8-12-9(2)6-13(20)19-16(12)17(22-4)15(11)18/h6-8H,5,18H2,1-4H3,(H,19,20). The lowest BCUT2D eigenvalue weighted by atomic mass is 9.99. The van der Waals surface area contributed by atoms with E-state index in [1.54, 1.807) is 13.8 Å². The molecular weight excluding hydrogens is 296 g/mol. The second kappa shape index (κ2) is 6.56. The Bertz CT molecular complexity index is 850. The number of allylic oxidation sites excluding steroid dienone is 1. The van der Waals surface area contributed by atoms with Crippen molar-refractivity contribution in [2.45, 2.75) is 20.8 Å². The summed E-state index contributed by atoms with van der Waals surface area (Å²) in [7, 11) is 1.49. The Morgan fingerprint density at radius 1 is 1.39 bits per heavy atom. The van der Waals surface area contributed by atoms with Gasteiger partial charge >= 0.3 is 5.97 Å². The number of nitrogen functional groups attached to an aromatic ring is 1. The van der Waals surface area contributed by atoms with Gasteiger partial charge in [-0.15, -0.1) is 0 Å². The van der Waals surface area contributed by atoms with Gasteiger partial charge in [0.2, 0.25) is 5.56 Å². The number of pyridine rings is 1. The molecule has 0 saturated carbocycles. The van der Waals surface area contributed by atoms with Crippen LogP contribution in [0.4, 0.5) is 5.69 Å². The molecule has 0 saturated heterocycles. The molecule has 2 aromatic rings. The number of ether oxygens (including phenoxy) is 2. The fraction of sp³-hybridized carbons (Fsp3) is 0.294. The van der Waals surface area contributed by atoms with Crippen LogP contribution in [0, 0.1) is 6.92 Å². The summed E-state index contributed by atoms with van der Waals surface area (Å²) in [5.41, 5.74) is 8.97. The molecular formula is C17H20N2O4. The third-order valence-electron chi connectivity index (χ3n) is 3.59. The van der Waals surface area contributed by atoms with Crippen LogP contribution in [0.2, 0.25) is 0 Å². The molecule has 0 radical (unpaired) electrons. The van der Waals surface area contributed by atoms with Crippen LogP contribution in [0.15, 0.2) is 23.0 Å². The quantitative estimate of drug-likeness (QED) is 0.513. The molecule has 6 nitrogen and oxygen atoms in total. The highest BCUT2D eigenvalue weighted by Crippen LogP contribution is 2.37. The number of aromatic nitrogens is 1. The Kier molecular flexibility index (Phi) is 4.74. The van der Waals surface area contributed by atoms with Gasteiger partial charge in [-0.25, -0.2) is 4.79 Å². The van der Waals surface area contributed by atoms with Crippen molar-refractivity contribution in [3.63, 3.8) is 0 Å². The molecule has 6 heteroatoms. The molecule has 0 spiro atoms. The molecule has 0 aliphatic heterocycles. The van der Waals surface area contributed by atoms with E-state index in [2.05, 4.69) is 4.98 Å². The monoisotopic (exact) mass is 316 g/mol. The van der Waals surface area contributed by atoms with Gasteiger partial charge in [0.25, 0.3) is 0 Å². The van der Waals surface area contributed by atoms with Gasteiger partial charge in [-0.05, 0) is 38.0 Å². The molecule has 23 heavy (non-hydrogen) atoms. The lowest BCUT2D eigenvalue weighted by molar-refractivity contribution is -0.137. The fourth-order valence-electron chi connectivity index (χ4n) is 2.52. The molecule has 0 amide bonds. The molecule has 3 N–H and O–H groups in total. The number of nitrogens with two attached hydrogens (primary N) is 1. The summed E-state index contributed by atoms with van der Waals surface area (Å²) >= 11 is 0. The van der Waals surface area contributed by atoms with Crippen molar-refractivity contribution in [2.24, 2.45) is 0 Å². The van der Waals surface area contributed by atoms with E-state index >= 15 is 0 Å². The Labute approximate surface area is 133 Å². The number of rotatable bonds is 4. The molecule has 0 atom stereocenters. The molecule has 1 aromatic heterocycles. The van der Waals surface area contributed by atoms with Gasteiger partial charge in [-0.3, -0.25) is 4.79 Å². The van der Waals surface area contributed by atoms with Gasteiger partial charge in [-0.2, -0.15) is 0 Å². The number of carbonyl (C=O) groups is 1. The summed E-state index contributed by atoms with van der Waals surface area (Å²) in [5, 5.41) is 0.808. The summed E-state index contributed by atoms with van der Waals surface area (Å²) < 4.78 is 10.3. The zero-order valence-electron chi connectivity index (χ0n) is 13.6. The molecule has 0 aliphatic carbocycles. The first-order valence-corrected chi connectivity index (χ1v) is 7.24. The van der Waals surface area contributed by atoms with Gasteiger partial charge in [0.05, 0.1) is 24.9 Å². The highest BCUT2D eigenvalue weighted by Gasteiger charge is 2.16. The van der Waals surface area contributed by atoms with E-state index < -0.39 is 5.97 Å². The van der Waals surface area contributed by atoms with Gasteiger partial charge < -0.3 is 20.2 Å². The van der Waals surface area contributed by atoms with Crippen molar-refractivity contribution in [3.05, 3.63) is 39.7 Å². The van der Waals surface area contributed by atoms with Crippen LogP contribution >= 0.6 is 0 Å². The largest absolute Gasteiger partial charge is 0.492 e. The van der Waals surface area contributed by atoms with Crippen LogP contribution in [0.25, 0.3) is 16.5 Å². The van der Waals surface area contributed by atoms with E-state index in [0.717, 1.165) is 10.9 Å². The summed E-state index contributed by atoms with van der Waals surface area (Å²) in [4.78, 5) is 26.1. The Hall–Kier alpha value is -2.76. The molecule has 1 aromatic carbocycles. The summed E-state index contributed by atoms with van der Waals surface area (Å²) in [6, 6.07) is 3.34. The number of esters is 1. The van der Waals surface area contributed by atoms with E-state index in [0.29, 0.717) is 34.7 Å². The molecule has 1 heterocycles. The molecule has 122 valence electrons. The van der Waals surface area contributed by atoms with Crippen LogP contribution in [-0.4, -0.2) is 24.7 Å². The molecule has 0 fully saturated rings. The molecule has 2 rings (SSSR count). The number of fused-ring (bicyclic) bond motifs is 1. The van der Waals surface area contributed by atoms with Gasteiger partial charge in [0.15, 0.2) is 5.75 Å². The van der Waals surface area contributed by atoms with Crippen LogP contribution in [-0.2, 0) is 9.53 Å². The molecule has 0 unspecified atom stereocenters. The van der Waals surface area contributed by atoms with E-state index in [1.807, 2.05) is 13.0 Å². The number of hydrogen-bond donors (Lipinski definition) is 2. The number of aryl methyl sites for hydroxylation is 1. The minimum atomic E-state index is -0.429. The minimum Gasteiger partial charge on any atom is -0.492 e. The van der Waals surface area contributed by atoms with Gasteiger partial charge in [-0.1, -0.05) is 0 Å². The Morgan fingerprint density at radius 3 is 2.70 bits per heavy atom.